The van der Waals surface area contributed by atoms with Crippen LogP contribution in [0.25, 0.3) is 0 Å². The van der Waals surface area contributed by atoms with E-state index in [1.54, 1.807) is 0 Å². The van der Waals surface area contributed by atoms with Crippen molar-refractivity contribution in [3.63, 3.8) is 0 Å². The highest BCUT2D eigenvalue weighted by Crippen LogP contribution is 2.29. The summed E-state index contributed by atoms with van der Waals surface area (Å²) in [7, 11) is 0. The predicted octanol–water partition coefficient (Wildman–Crippen LogP) is 4.90. The van der Waals surface area contributed by atoms with Crippen molar-refractivity contribution in [1.29, 1.82) is 0 Å². The topological polar surface area (TPSA) is 0 Å². The molecule has 0 radical (unpaired) electrons. The second kappa shape index (κ2) is 4.88. The van der Waals surface area contributed by atoms with Crippen molar-refractivity contribution in [1.82, 2.24) is 0 Å². The fourth-order valence-corrected chi connectivity index (χ4v) is 1.83. The van der Waals surface area contributed by atoms with E-state index < -0.39 is 0 Å². The normalized spacial score (nSPS) is 10.8. The first-order chi connectivity index (χ1) is 6.19. The summed E-state index contributed by atoms with van der Waals surface area (Å²) in [5, 5.41) is 1.29. The minimum atomic E-state index is 0.606. The van der Waals surface area contributed by atoms with E-state index in [4.69, 9.17) is 23.2 Å². The Balaban J connectivity index is 2.95. The number of rotatable bonds is 3. The third-order valence-corrected chi connectivity index (χ3v) is 3.14. The maximum absolute atomic E-state index is 5.94. The van der Waals surface area contributed by atoms with Gasteiger partial charge in [0.1, 0.15) is 0 Å². The van der Waals surface area contributed by atoms with Crippen LogP contribution in [0.2, 0.25) is 10.0 Å². The second-order valence-electron chi connectivity index (χ2n) is 3.19. The smallest absolute Gasteiger partial charge is 0.0595 e. The summed E-state index contributed by atoms with van der Waals surface area (Å²) in [6.07, 6.45) is 2.29. The molecule has 0 fully saturated rings. The van der Waals surface area contributed by atoms with Gasteiger partial charge in [0.15, 0.2) is 0 Å². The fourth-order valence-electron chi connectivity index (χ4n) is 1.53. The molecule has 0 aromatic heterocycles. The Hall–Kier alpha value is -0.200. The molecular weight excluding hydrogens is 203 g/mol. The summed E-state index contributed by atoms with van der Waals surface area (Å²) in [4.78, 5) is 0. The lowest BCUT2D eigenvalue weighted by Crippen LogP contribution is -1.94. The Labute approximate surface area is 89.9 Å². The van der Waals surface area contributed by atoms with E-state index in [-0.39, 0.29) is 0 Å². The van der Waals surface area contributed by atoms with E-state index >= 15 is 0 Å². The molecule has 1 rings (SSSR count). The fraction of sp³-hybridized carbons (Fsp3) is 0.455. The molecule has 0 saturated carbocycles. The minimum absolute atomic E-state index is 0.606. The van der Waals surface area contributed by atoms with Crippen molar-refractivity contribution in [2.24, 2.45) is 0 Å². The minimum Gasteiger partial charge on any atom is -0.0827 e. The molecule has 72 valence electrons. The van der Waals surface area contributed by atoms with E-state index in [1.165, 1.54) is 5.56 Å². The lowest BCUT2D eigenvalue weighted by atomic mass is 9.94. The Kier molecular flexibility index (Phi) is 4.08. The molecule has 0 nitrogen and oxygen atoms in total. The molecule has 0 unspecified atom stereocenters. The van der Waals surface area contributed by atoms with Crippen molar-refractivity contribution >= 4 is 23.2 Å². The Morgan fingerprint density at radius 2 is 1.69 bits per heavy atom. The van der Waals surface area contributed by atoms with Crippen molar-refractivity contribution in [2.75, 3.05) is 0 Å². The standard InChI is InChI=1S/C11H14Cl2/c1-3-8(4-2)9-5-6-10(12)11(13)7-9/h5-8H,3-4H2,1-2H3. The Morgan fingerprint density at radius 3 is 2.15 bits per heavy atom. The summed E-state index contributed by atoms with van der Waals surface area (Å²) in [6, 6.07) is 5.91. The van der Waals surface area contributed by atoms with Gasteiger partial charge in [0.2, 0.25) is 0 Å². The van der Waals surface area contributed by atoms with Crippen LogP contribution in [0.1, 0.15) is 38.2 Å². The molecule has 0 aliphatic rings. The summed E-state index contributed by atoms with van der Waals surface area (Å²) >= 11 is 11.8. The quantitative estimate of drug-likeness (QED) is 0.675. The second-order valence-corrected chi connectivity index (χ2v) is 4.00. The van der Waals surface area contributed by atoms with Gasteiger partial charge in [-0.1, -0.05) is 43.1 Å². The molecule has 0 amide bonds. The summed E-state index contributed by atoms with van der Waals surface area (Å²) < 4.78 is 0. The SMILES string of the molecule is CCC(CC)c1ccc(Cl)c(Cl)c1. The van der Waals surface area contributed by atoms with Gasteiger partial charge < -0.3 is 0 Å². The van der Waals surface area contributed by atoms with Crippen LogP contribution in [0.15, 0.2) is 18.2 Å². The van der Waals surface area contributed by atoms with Gasteiger partial charge in [-0.05, 0) is 36.5 Å². The summed E-state index contributed by atoms with van der Waals surface area (Å²) in [5.41, 5.74) is 1.29. The number of hydrogen-bond donors (Lipinski definition) is 0. The highest BCUT2D eigenvalue weighted by molar-refractivity contribution is 6.42. The maximum atomic E-state index is 5.94. The largest absolute Gasteiger partial charge is 0.0827 e. The molecule has 1 aromatic carbocycles. The van der Waals surface area contributed by atoms with Gasteiger partial charge in [0.25, 0.3) is 0 Å². The van der Waals surface area contributed by atoms with Crippen molar-refractivity contribution in [2.45, 2.75) is 32.6 Å². The van der Waals surface area contributed by atoms with E-state index in [0.717, 1.165) is 12.8 Å². The molecule has 0 saturated heterocycles. The van der Waals surface area contributed by atoms with E-state index in [0.29, 0.717) is 16.0 Å². The first kappa shape index (κ1) is 10.9. The van der Waals surface area contributed by atoms with Crippen molar-refractivity contribution < 1.29 is 0 Å². The first-order valence-corrected chi connectivity index (χ1v) is 5.39. The summed E-state index contributed by atoms with van der Waals surface area (Å²) in [5.74, 6) is 0.606. The highest BCUT2D eigenvalue weighted by atomic mass is 35.5. The van der Waals surface area contributed by atoms with Crippen molar-refractivity contribution in [3.8, 4) is 0 Å². The monoisotopic (exact) mass is 216 g/mol. The molecule has 0 aliphatic carbocycles. The van der Waals surface area contributed by atoms with Gasteiger partial charge in [-0.2, -0.15) is 0 Å². The molecule has 2 heteroatoms. The van der Waals surface area contributed by atoms with Crippen LogP contribution >= 0.6 is 23.2 Å². The van der Waals surface area contributed by atoms with Crippen LogP contribution in [-0.2, 0) is 0 Å². The summed E-state index contributed by atoms with van der Waals surface area (Å²) in [6.45, 7) is 4.38. The zero-order chi connectivity index (χ0) is 9.84. The zero-order valence-corrected chi connectivity index (χ0v) is 9.49. The molecule has 0 N–H and O–H groups in total. The third-order valence-electron chi connectivity index (χ3n) is 2.40. The lowest BCUT2D eigenvalue weighted by Gasteiger charge is -2.13. The van der Waals surface area contributed by atoms with Gasteiger partial charge in [-0.15, -0.1) is 0 Å². The van der Waals surface area contributed by atoms with Crippen molar-refractivity contribution in [3.05, 3.63) is 33.8 Å². The Bertz CT molecular complexity index is 277. The first-order valence-electron chi connectivity index (χ1n) is 4.64. The third kappa shape index (κ3) is 2.62. The average molecular weight is 217 g/mol. The molecule has 13 heavy (non-hydrogen) atoms. The lowest BCUT2D eigenvalue weighted by molar-refractivity contribution is 0.642. The van der Waals surface area contributed by atoms with Crippen LogP contribution in [-0.4, -0.2) is 0 Å². The van der Waals surface area contributed by atoms with E-state index in [9.17, 15) is 0 Å². The highest BCUT2D eigenvalue weighted by Gasteiger charge is 2.08. The predicted molar refractivity (Wildman–Crippen MR) is 59.8 cm³/mol. The molecule has 1 aromatic rings. The van der Waals surface area contributed by atoms with Crippen LogP contribution in [0.3, 0.4) is 0 Å². The number of hydrogen-bond acceptors (Lipinski definition) is 0. The van der Waals surface area contributed by atoms with Gasteiger partial charge in [-0.3, -0.25) is 0 Å². The maximum Gasteiger partial charge on any atom is 0.0595 e. The molecular formula is C11H14Cl2. The van der Waals surface area contributed by atoms with Gasteiger partial charge in [-0.25, -0.2) is 0 Å². The van der Waals surface area contributed by atoms with Gasteiger partial charge in [0, 0.05) is 0 Å². The molecule has 0 heterocycles. The van der Waals surface area contributed by atoms with Crippen LogP contribution in [0.5, 0.6) is 0 Å². The number of halogens is 2. The van der Waals surface area contributed by atoms with Crippen LogP contribution in [0.4, 0.5) is 0 Å². The average Bonchev–Trinajstić information content (AvgIpc) is 2.13. The van der Waals surface area contributed by atoms with Crippen LogP contribution < -0.4 is 0 Å². The molecule has 0 bridgehead atoms. The van der Waals surface area contributed by atoms with Gasteiger partial charge >= 0.3 is 0 Å². The molecule has 0 atom stereocenters. The van der Waals surface area contributed by atoms with E-state index in [1.807, 2.05) is 12.1 Å². The zero-order valence-electron chi connectivity index (χ0n) is 7.98. The molecule has 0 aliphatic heterocycles. The number of benzene rings is 1. The Morgan fingerprint density at radius 1 is 1.08 bits per heavy atom. The van der Waals surface area contributed by atoms with Crippen LogP contribution in [0, 0.1) is 0 Å². The van der Waals surface area contributed by atoms with E-state index in [2.05, 4.69) is 19.9 Å². The van der Waals surface area contributed by atoms with Gasteiger partial charge in [0.05, 0.1) is 10.0 Å². The molecule has 0 spiro atoms.